The Bertz CT molecular complexity index is 2870. The number of ether oxygens (including phenoxy) is 5. The number of benzene rings is 2. The number of pyridine rings is 1. The highest BCUT2D eigenvalue weighted by molar-refractivity contribution is 7.91. The highest BCUT2D eigenvalue weighted by Gasteiger charge is 2.46. The summed E-state index contributed by atoms with van der Waals surface area (Å²) >= 11 is 1.36. The Labute approximate surface area is 413 Å². The second-order valence-corrected chi connectivity index (χ2v) is 20.5. The van der Waals surface area contributed by atoms with Gasteiger partial charge in [0.15, 0.2) is 13.2 Å². The van der Waals surface area contributed by atoms with E-state index < -0.39 is 52.0 Å². The van der Waals surface area contributed by atoms with E-state index in [1.54, 1.807) is 25.4 Å². The van der Waals surface area contributed by atoms with Crippen molar-refractivity contribution in [1.82, 2.24) is 25.4 Å². The molecule has 0 saturated carbocycles. The average Bonchev–Trinajstić information content (AvgIpc) is 3.90. The Kier molecular flexibility index (Phi) is 17.7. The highest BCUT2D eigenvalue weighted by Crippen LogP contribution is 2.36. The average molecular weight is 1020 g/mol. The summed E-state index contributed by atoms with van der Waals surface area (Å²) in [6.45, 7) is 4.22. The number of carbonyl (C=O) groups is 6. The zero-order valence-corrected chi connectivity index (χ0v) is 41.1. The Morgan fingerprint density at radius 1 is 0.817 bits per heavy atom. The number of thiophene rings is 1. The first-order valence-corrected chi connectivity index (χ1v) is 25.9. The van der Waals surface area contributed by atoms with Gasteiger partial charge in [0.05, 0.1) is 65.4 Å². The number of nitrogens with one attached hydrogen (secondary N) is 3. The molecule has 0 spiro atoms. The van der Waals surface area contributed by atoms with E-state index in [0.717, 1.165) is 26.3 Å². The monoisotopic (exact) mass is 1020 g/mol. The summed E-state index contributed by atoms with van der Waals surface area (Å²) in [5.74, 6) is -2.27. The molecule has 2 fully saturated rings. The Balaban J connectivity index is 0.709. The van der Waals surface area contributed by atoms with Crippen LogP contribution >= 0.6 is 11.3 Å². The SMILES string of the molecule is Cc1cc(-c2cn(C)c(=O)c3cc(C(N)=NC4CCS(=O)(=O)CC4)sc23)ccc1OCC(=O)NCCCOCCOCCOCCCNC(=O)COc1cccc2c1C(=O)N(C1CCC(=O)NC1=O)C2=O. The largest absolute Gasteiger partial charge is 0.484 e. The summed E-state index contributed by atoms with van der Waals surface area (Å²) in [5, 5.41) is 8.19. The van der Waals surface area contributed by atoms with Gasteiger partial charge in [-0.1, -0.05) is 12.1 Å². The van der Waals surface area contributed by atoms with Gasteiger partial charge in [0, 0.05) is 56.2 Å². The molecule has 380 valence electrons. The van der Waals surface area contributed by atoms with Gasteiger partial charge in [-0.2, -0.15) is 0 Å². The number of nitrogens with zero attached hydrogens (tertiary/aromatic N) is 3. The number of carbonyl (C=O) groups excluding carboxylic acids is 6. The molecule has 5 heterocycles. The molecule has 23 heteroatoms. The molecular weight excluding hydrogens is 963 g/mol. The van der Waals surface area contributed by atoms with Crippen molar-refractivity contribution >= 4 is 72.5 Å². The molecule has 3 aliphatic heterocycles. The lowest BCUT2D eigenvalue weighted by molar-refractivity contribution is -0.136. The number of fused-ring (bicyclic) bond motifs is 2. The third-order valence-electron chi connectivity index (χ3n) is 11.9. The predicted molar refractivity (Wildman–Crippen MR) is 261 cm³/mol. The summed E-state index contributed by atoms with van der Waals surface area (Å²) in [7, 11) is -1.35. The van der Waals surface area contributed by atoms with Crippen molar-refractivity contribution in [3.05, 3.63) is 80.6 Å². The van der Waals surface area contributed by atoms with E-state index in [-0.39, 0.29) is 71.2 Å². The summed E-state index contributed by atoms with van der Waals surface area (Å²) in [6.07, 6.45) is 3.75. The van der Waals surface area contributed by atoms with Gasteiger partial charge in [-0.3, -0.25) is 48.8 Å². The minimum Gasteiger partial charge on any atom is -0.484 e. The van der Waals surface area contributed by atoms with E-state index in [2.05, 4.69) is 20.9 Å². The molecule has 1 unspecified atom stereocenters. The van der Waals surface area contributed by atoms with E-state index in [1.165, 1.54) is 34.1 Å². The quantitative estimate of drug-likeness (QED) is 0.0337. The maximum Gasteiger partial charge on any atom is 0.266 e. The summed E-state index contributed by atoms with van der Waals surface area (Å²) in [6, 6.07) is 10.5. The molecule has 2 aromatic heterocycles. The Morgan fingerprint density at radius 3 is 2.08 bits per heavy atom. The number of amidine groups is 1. The third-order valence-corrected chi connectivity index (χ3v) is 14.8. The molecule has 0 bridgehead atoms. The van der Waals surface area contributed by atoms with Crippen molar-refractivity contribution in [1.29, 1.82) is 0 Å². The first kappa shape index (κ1) is 52.3. The number of aryl methyl sites for hydroxylation is 2. The molecule has 0 aliphatic carbocycles. The van der Waals surface area contributed by atoms with Crippen LogP contribution < -0.4 is 36.7 Å². The lowest BCUT2D eigenvalue weighted by atomic mass is 10.0. The van der Waals surface area contributed by atoms with Gasteiger partial charge in [-0.05, 0) is 80.5 Å². The molecule has 0 radical (unpaired) electrons. The minimum atomic E-state index is -3.03. The van der Waals surface area contributed by atoms with Crippen LogP contribution in [0.15, 0.2) is 58.4 Å². The Morgan fingerprint density at radius 2 is 1.45 bits per heavy atom. The van der Waals surface area contributed by atoms with E-state index in [4.69, 9.17) is 29.4 Å². The van der Waals surface area contributed by atoms with Gasteiger partial charge >= 0.3 is 0 Å². The summed E-state index contributed by atoms with van der Waals surface area (Å²) in [5.41, 5.74) is 8.70. The van der Waals surface area contributed by atoms with E-state index >= 15 is 0 Å². The molecular formula is C48H57N7O14S2. The van der Waals surface area contributed by atoms with Crippen molar-refractivity contribution in [2.24, 2.45) is 17.8 Å². The van der Waals surface area contributed by atoms with Crippen LogP contribution in [0.2, 0.25) is 0 Å². The summed E-state index contributed by atoms with van der Waals surface area (Å²) in [4.78, 5) is 94.2. The Hall–Kier alpha value is -6.53. The predicted octanol–water partition coefficient (Wildman–Crippen LogP) is 1.78. The van der Waals surface area contributed by atoms with Crippen LogP contribution in [0.3, 0.4) is 0 Å². The van der Waals surface area contributed by atoms with Crippen LogP contribution in [0.4, 0.5) is 0 Å². The molecule has 3 aliphatic rings. The number of imide groups is 2. The first-order chi connectivity index (χ1) is 34.1. The van der Waals surface area contributed by atoms with Gasteiger partial charge in [0.1, 0.15) is 33.2 Å². The number of aromatic nitrogens is 1. The van der Waals surface area contributed by atoms with Crippen LogP contribution in [0.1, 0.15) is 69.7 Å². The normalized spacial score (nSPS) is 17.1. The van der Waals surface area contributed by atoms with Crippen molar-refractivity contribution in [3.63, 3.8) is 0 Å². The van der Waals surface area contributed by atoms with Crippen LogP contribution in [0, 0.1) is 6.92 Å². The molecule has 4 aromatic rings. The molecule has 5 N–H and O–H groups in total. The standard InChI is InChI=1S/C48H57N7O14S2/c1-29-24-30(34-26-54(2)46(60)33-25-38(70-43(33)34)44(49)52-31-12-22-71(63,64)23-13-31)8-10-36(29)68-27-40(57)50-14-4-16-65-18-20-67-21-19-66-17-5-15-51-41(58)28-69-37-7-3-6-32-42(37)48(62)55(47(32)61)35-9-11-39(56)53-45(35)59/h3,6-8,10,24-26,31,35H,4-5,9,11-23,27-28H2,1-2H3,(H2,49,52)(H,50,57)(H,51,58)(H,53,56,59). The van der Waals surface area contributed by atoms with E-state index in [0.29, 0.717) is 94.4 Å². The molecule has 2 aromatic carbocycles. The fraction of sp³-hybridized carbons (Fsp3) is 0.458. The van der Waals surface area contributed by atoms with Crippen LogP contribution in [0.5, 0.6) is 11.5 Å². The van der Waals surface area contributed by atoms with Crippen LogP contribution in [0.25, 0.3) is 21.2 Å². The molecule has 6 amide bonds. The summed E-state index contributed by atoms with van der Waals surface area (Å²) < 4.78 is 54.1. The van der Waals surface area contributed by atoms with Gasteiger partial charge in [-0.25, -0.2) is 8.42 Å². The number of aliphatic imine (C=N–C) groups is 1. The van der Waals surface area contributed by atoms with Crippen molar-refractivity contribution in [2.45, 2.75) is 57.5 Å². The number of amides is 6. The van der Waals surface area contributed by atoms with Gasteiger partial charge in [-0.15, -0.1) is 11.3 Å². The zero-order valence-electron chi connectivity index (χ0n) is 39.5. The second-order valence-electron chi connectivity index (χ2n) is 17.1. The van der Waals surface area contributed by atoms with Crippen molar-refractivity contribution < 1.29 is 60.9 Å². The first-order valence-electron chi connectivity index (χ1n) is 23.2. The fourth-order valence-corrected chi connectivity index (χ4v) is 10.7. The number of piperidine rings is 1. The van der Waals surface area contributed by atoms with Crippen LogP contribution in [-0.4, -0.2) is 149 Å². The smallest absolute Gasteiger partial charge is 0.266 e. The number of sulfone groups is 1. The molecule has 1 atom stereocenters. The van der Waals surface area contributed by atoms with Gasteiger partial charge in [0.25, 0.3) is 29.2 Å². The number of hydrogen-bond acceptors (Lipinski definition) is 16. The van der Waals surface area contributed by atoms with Gasteiger partial charge in [0.2, 0.25) is 11.8 Å². The third kappa shape index (κ3) is 13.5. The number of rotatable bonds is 24. The maximum atomic E-state index is 13.2. The second kappa shape index (κ2) is 24.1. The van der Waals surface area contributed by atoms with Crippen LogP contribution in [-0.2, 0) is 50.3 Å². The zero-order chi connectivity index (χ0) is 50.7. The molecule has 21 nitrogen and oxygen atoms in total. The molecule has 2 saturated heterocycles. The fourth-order valence-electron chi connectivity index (χ4n) is 8.17. The van der Waals surface area contributed by atoms with E-state index in [9.17, 15) is 42.0 Å². The number of hydrogen-bond donors (Lipinski definition) is 4. The topological polar surface area (TPSA) is 282 Å². The van der Waals surface area contributed by atoms with E-state index in [1.807, 2.05) is 19.1 Å². The minimum absolute atomic E-state index is 0.000246. The maximum absolute atomic E-state index is 13.2. The van der Waals surface area contributed by atoms with Crippen molar-refractivity contribution in [2.75, 3.05) is 77.5 Å². The van der Waals surface area contributed by atoms with Gasteiger partial charge < -0.3 is 44.6 Å². The van der Waals surface area contributed by atoms with Crippen molar-refractivity contribution in [3.8, 4) is 22.6 Å². The number of nitrogens with two attached hydrogens (primary N) is 1. The lowest BCUT2D eigenvalue weighted by Gasteiger charge is -2.27. The molecule has 7 rings (SSSR count). The highest BCUT2D eigenvalue weighted by atomic mass is 32.2. The lowest BCUT2D eigenvalue weighted by Crippen LogP contribution is -2.54. The molecule has 71 heavy (non-hydrogen) atoms.